The van der Waals surface area contributed by atoms with Crippen LogP contribution < -0.4 is 0 Å². The normalized spacial score (nSPS) is 11.2. The number of amides is 1. The molecule has 0 fully saturated rings. The SMILES string of the molecule is C=CCn1c(O)c(N=NC(=O)c2cc(Cl)ccc2O)c2ccccc21. The van der Waals surface area contributed by atoms with Crippen molar-refractivity contribution in [1.29, 1.82) is 0 Å². The minimum Gasteiger partial charge on any atom is -0.507 e. The Hall–Kier alpha value is -3.12. The van der Waals surface area contributed by atoms with E-state index >= 15 is 0 Å². The second kappa shape index (κ2) is 6.78. The molecule has 7 heteroatoms. The van der Waals surface area contributed by atoms with E-state index in [-0.39, 0.29) is 22.9 Å². The summed E-state index contributed by atoms with van der Waals surface area (Å²) in [6.45, 7) is 4.04. The number of carbonyl (C=O) groups excluding carboxylic acids is 1. The first-order valence-corrected chi connectivity index (χ1v) is 7.76. The van der Waals surface area contributed by atoms with Crippen LogP contribution in [0.25, 0.3) is 10.9 Å². The zero-order valence-corrected chi connectivity index (χ0v) is 13.8. The Balaban J connectivity index is 2.04. The highest BCUT2D eigenvalue weighted by molar-refractivity contribution is 6.31. The Labute approximate surface area is 148 Å². The molecule has 2 aromatic carbocycles. The standard InChI is InChI=1S/C18H14ClN3O3/c1-2-9-22-14-6-4-3-5-12(14)16(18(22)25)20-21-17(24)13-10-11(19)7-8-15(13)23/h2-8,10,23,25H,1,9H2. The van der Waals surface area contributed by atoms with Gasteiger partial charge in [-0.15, -0.1) is 16.8 Å². The van der Waals surface area contributed by atoms with Gasteiger partial charge >= 0.3 is 0 Å². The molecular formula is C18H14ClN3O3. The van der Waals surface area contributed by atoms with Crippen molar-refractivity contribution in [2.75, 3.05) is 0 Å². The molecule has 0 spiro atoms. The number of para-hydroxylation sites is 1. The highest BCUT2D eigenvalue weighted by atomic mass is 35.5. The topological polar surface area (TPSA) is 87.2 Å². The maximum Gasteiger partial charge on any atom is 0.299 e. The van der Waals surface area contributed by atoms with Gasteiger partial charge in [0.1, 0.15) is 5.75 Å². The van der Waals surface area contributed by atoms with Crippen LogP contribution in [0.4, 0.5) is 5.69 Å². The van der Waals surface area contributed by atoms with Crippen molar-refractivity contribution < 1.29 is 15.0 Å². The summed E-state index contributed by atoms with van der Waals surface area (Å²) in [5, 5.41) is 28.6. The Morgan fingerprint density at radius 3 is 2.76 bits per heavy atom. The van der Waals surface area contributed by atoms with E-state index < -0.39 is 5.91 Å². The number of aromatic nitrogens is 1. The van der Waals surface area contributed by atoms with Crippen LogP contribution in [0.15, 0.2) is 65.3 Å². The summed E-state index contributed by atoms with van der Waals surface area (Å²) in [5.41, 5.74) is 0.852. The fourth-order valence-electron chi connectivity index (χ4n) is 2.51. The van der Waals surface area contributed by atoms with Crippen LogP contribution in [0.3, 0.4) is 0 Å². The summed E-state index contributed by atoms with van der Waals surface area (Å²) in [5.74, 6) is -1.13. The monoisotopic (exact) mass is 355 g/mol. The number of azo groups is 1. The summed E-state index contributed by atoms with van der Waals surface area (Å²) in [7, 11) is 0. The second-order valence-electron chi connectivity index (χ2n) is 5.26. The zero-order chi connectivity index (χ0) is 18.0. The van der Waals surface area contributed by atoms with Crippen molar-refractivity contribution in [3.8, 4) is 11.6 Å². The molecule has 0 saturated heterocycles. The van der Waals surface area contributed by atoms with Gasteiger partial charge in [-0.3, -0.25) is 4.79 Å². The van der Waals surface area contributed by atoms with Gasteiger partial charge in [-0.1, -0.05) is 35.9 Å². The number of phenolic OH excluding ortho intramolecular Hbond substituents is 1. The number of carbonyl (C=O) groups is 1. The number of rotatable bonds is 4. The van der Waals surface area contributed by atoms with Crippen molar-refractivity contribution in [2.24, 2.45) is 10.2 Å². The average Bonchev–Trinajstić information content (AvgIpc) is 2.87. The number of hydrogen-bond acceptors (Lipinski definition) is 4. The van der Waals surface area contributed by atoms with Gasteiger partial charge in [0.05, 0.1) is 11.1 Å². The van der Waals surface area contributed by atoms with E-state index in [2.05, 4.69) is 16.8 Å². The molecule has 0 bridgehead atoms. The lowest BCUT2D eigenvalue weighted by Crippen LogP contribution is -1.94. The molecule has 0 aliphatic heterocycles. The van der Waals surface area contributed by atoms with E-state index in [9.17, 15) is 15.0 Å². The van der Waals surface area contributed by atoms with Gasteiger partial charge in [0.25, 0.3) is 5.91 Å². The predicted molar refractivity (Wildman–Crippen MR) is 95.8 cm³/mol. The van der Waals surface area contributed by atoms with Gasteiger partial charge in [-0.2, -0.15) is 0 Å². The van der Waals surface area contributed by atoms with E-state index in [4.69, 9.17) is 11.6 Å². The summed E-state index contributed by atoms with van der Waals surface area (Å²) < 4.78 is 1.61. The van der Waals surface area contributed by atoms with Crippen LogP contribution in [-0.4, -0.2) is 20.7 Å². The Bertz CT molecular complexity index is 1010. The number of fused-ring (bicyclic) bond motifs is 1. The first-order chi connectivity index (χ1) is 12.0. The van der Waals surface area contributed by atoms with Gasteiger partial charge in [0, 0.05) is 17.0 Å². The minimum absolute atomic E-state index is 0.0643. The molecule has 3 aromatic rings. The molecule has 0 atom stereocenters. The first-order valence-electron chi connectivity index (χ1n) is 7.38. The molecule has 1 amide bonds. The molecule has 25 heavy (non-hydrogen) atoms. The lowest BCUT2D eigenvalue weighted by Gasteiger charge is -2.01. The van der Waals surface area contributed by atoms with Crippen LogP contribution in [0.1, 0.15) is 10.4 Å². The number of hydrogen-bond donors (Lipinski definition) is 2. The zero-order valence-electron chi connectivity index (χ0n) is 13.1. The van der Waals surface area contributed by atoms with Crippen molar-refractivity contribution in [3.63, 3.8) is 0 Å². The van der Waals surface area contributed by atoms with Gasteiger partial charge < -0.3 is 14.8 Å². The van der Waals surface area contributed by atoms with E-state index in [1.54, 1.807) is 22.8 Å². The third kappa shape index (κ3) is 3.12. The van der Waals surface area contributed by atoms with E-state index in [1.165, 1.54) is 18.2 Å². The Morgan fingerprint density at radius 1 is 1.24 bits per heavy atom. The Kier molecular flexibility index (Phi) is 4.54. The summed E-state index contributed by atoms with van der Waals surface area (Å²) in [6, 6.07) is 11.3. The smallest absolute Gasteiger partial charge is 0.299 e. The molecule has 3 rings (SSSR count). The minimum atomic E-state index is -0.764. The van der Waals surface area contributed by atoms with Gasteiger partial charge in [0.2, 0.25) is 5.88 Å². The third-order valence-corrected chi connectivity index (χ3v) is 3.89. The van der Waals surface area contributed by atoms with Crippen LogP contribution in [0, 0.1) is 0 Å². The number of halogens is 1. The molecule has 126 valence electrons. The summed E-state index contributed by atoms with van der Waals surface area (Å²) in [4.78, 5) is 12.2. The number of aromatic hydroxyl groups is 2. The molecular weight excluding hydrogens is 342 g/mol. The molecule has 0 aliphatic carbocycles. The van der Waals surface area contributed by atoms with Gasteiger partial charge in [-0.25, -0.2) is 0 Å². The average molecular weight is 356 g/mol. The third-order valence-electron chi connectivity index (χ3n) is 3.66. The van der Waals surface area contributed by atoms with Gasteiger partial charge in [0.15, 0.2) is 5.69 Å². The van der Waals surface area contributed by atoms with Crippen LogP contribution in [0.5, 0.6) is 11.6 Å². The summed E-state index contributed by atoms with van der Waals surface area (Å²) in [6.07, 6.45) is 1.64. The van der Waals surface area contributed by atoms with Crippen molar-refractivity contribution >= 4 is 34.1 Å². The maximum atomic E-state index is 12.2. The lowest BCUT2D eigenvalue weighted by molar-refractivity contribution is 0.0992. The molecule has 6 nitrogen and oxygen atoms in total. The number of phenols is 1. The largest absolute Gasteiger partial charge is 0.507 e. The van der Waals surface area contributed by atoms with E-state index in [0.29, 0.717) is 17.0 Å². The molecule has 2 N–H and O–H groups in total. The quantitative estimate of drug-likeness (QED) is 0.519. The molecule has 0 aliphatic rings. The van der Waals surface area contributed by atoms with Crippen molar-refractivity contribution in [3.05, 3.63) is 65.7 Å². The highest BCUT2D eigenvalue weighted by Crippen LogP contribution is 2.39. The lowest BCUT2D eigenvalue weighted by atomic mass is 10.2. The highest BCUT2D eigenvalue weighted by Gasteiger charge is 2.17. The van der Waals surface area contributed by atoms with Crippen molar-refractivity contribution in [2.45, 2.75) is 6.54 Å². The second-order valence-corrected chi connectivity index (χ2v) is 5.69. The molecule has 1 heterocycles. The molecule has 0 unspecified atom stereocenters. The Morgan fingerprint density at radius 2 is 2.00 bits per heavy atom. The van der Waals surface area contributed by atoms with E-state index in [0.717, 1.165) is 5.52 Å². The van der Waals surface area contributed by atoms with Crippen LogP contribution in [0.2, 0.25) is 5.02 Å². The first kappa shape index (κ1) is 16.7. The fourth-order valence-corrected chi connectivity index (χ4v) is 2.69. The predicted octanol–water partition coefficient (Wildman–Crippen LogP) is 4.82. The van der Waals surface area contributed by atoms with Gasteiger partial charge in [-0.05, 0) is 24.3 Å². The number of benzene rings is 2. The molecule has 0 saturated carbocycles. The number of nitrogens with zero attached hydrogens (tertiary/aromatic N) is 3. The fraction of sp³-hybridized carbons (Fsp3) is 0.0556. The van der Waals surface area contributed by atoms with Crippen LogP contribution >= 0.6 is 11.6 Å². The maximum absolute atomic E-state index is 12.2. The number of allylic oxidation sites excluding steroid dienone is 1. The molecule has 0 radical (unpaired) electrons. The van der Waals surface area contributed by atoms with Crippen molar-refractivity contribution in [1.82, 2.24) is 4.57 Å². The van der Waals surface area contributed by atoms with Crippen LogP contribution in [-0.2, 0) is 6.54 Å². The molecule has 1 aromatic heterocycles. The van der Waals surface area contributed by atoms with E-state index in [1.807, 2.05) is 12.1 Å². The summed E-state index contributed by atoms with van der Waals surface area (Å²) >= 11 is 5.83.